The number of hydrogen-bond acceptors (Lipinski definition) is 4. The molecule has 3 rings (SSSR count). The molecule has 5 nitrogen and oxygen atoms in total. The molecule has 1 aliphatic rings. The Morgan fingerprint density at radius 1 is 1.48 bits per heavy atom. The number of nitrogens with one attached hydrogen (secondary N) is 1. The maximum absolute atomic E-state index is 5.98. The molecule has 112 valence electrons. The molecule has 0 bridgehead atoms. The SMILES string of the molecule is Cc1cc(C(CC2OCCc3ccccc32)NN)n(C)n1. The summed E-state index contributed by atoms with van der Waals surface area (Å²) >= 11 is 0. The van der Waals surface area contributed by atoms with Crippen molar-refractivity contribution < 1.29 is 4.74 Å². The number of nitrogens with zero attached hydrogens (tertiary/aromatic N) is 2. The first-order chi connectivity index (χ1) is 10.2. The van der Waals surface area contributed by atoms with Crippen molar-refractivity contribution in [2.75, 3.05) is 6.61 Å². The molecule has 1 aromatic heterocycles. The van der Waals surface area contributed by atoms with Crippen LogP contribution in [0.5, 0.6) is 0 Å². The number of aryl methyl sites for hydroxylation is 2. The molecule has 0 saturated heterocycles. The Balaban J connectivity index is 1.84. The van der Waals surface area contributed by atoms with Gasteiger partial charge in [-0.2, -0.15) is 5.10 Å². The molecule has 0 saturated carbocycles. The predicted octanol–water partition coefficient (Wildman–Crippen LogP) is 1.94. The highest BCUT2D eigenvalue weighted by molar-refractivity contribution is 5.31. The average Bonchev–Trinajstić information content (AvgIpc) is 2.83. The first-order valence-corrected chi connectivity index (χ1v) is 7.35. The van der Waals surface area contributed by atoms with Gasteiger partial charge in [0.1, 0.15) is 0 Å². The summed E-state index contributed by atoms with van der Waals surface area (Å²) in [4.78, 5) is 0. The van der Waals surface area contributed by atoms with E-state index in [2.05, 4.69) is 40.9 Å². The molecule has 5 heteroatoms. The summed E-state index contributed by atoms with van der Waals surface area (Å²) in [7, 11) is 1.95. The molecule has 0 fully saturated rings. The van der Waals surface area contributed by atoms with Crippen molar-refractivity contribution in [3.8, 4) is 0 Å². The normalized spacial score (nSPS) is 19.3. The van der Waals surface area contributed by atoms with Crippen LogP contribution in [0.4, 0.5) is 0 Å². The van der Waals surface area contributed by atoms with E-state index < -0.39 is 0 Å². The van der Waals surface area contributed by atoms with E-state index in [4.69, 9.17) is 10.6 Å². The molecule has 3 N–H and O–H groups in total. The molecule has 2 atom stereocenters. The highest BCUT2D eigenvalue weighted by Gasteiger charge is 2.25. The highest BCUT2D eigenvalue weighted by atomic mass is 16.5. The third kappa shape index (κ3) is 2.85. The molecular formula is C16H22N4O. The van der Waals surface area contributed by atoms with Crippen LogP contribution < -0.4 is 11.3 Å². The van der Waals surface area contributed by atoms with Gasteiger partial charge >= 0.3 is 0 Å². The third-order valence-corrected chi connectivity index (χ3v) is 4.14. The lowest BCUT2D eigenvalue weighted by molar-refractivity contribution is 0.0287. The van der Waals surface area contributed by atoms with Crippen LogP contribution in [0.3, 0.4) is 0 Å². The number of hydrazine groups is 1. The molecule has 0 aliphatic carbocycles. The van der Waals surface area contributed by atoms with Crippen LogP contribution in [0, 0.1) is 6.92 Å². The second kappa shape index (κ2) is 5.97. The van der Waals surface area contributed by atoms with E-state index >= 15 is 0 Å². The van der Waals surface area contributed by atoms with Gasteiger partial charge in [-0.1, -0.05) is 24.3 Å². The van der Waals surface area contributed by atoms with Gasteiger partial charge in [0.25, 0.3) is 0 Å². The van der Waals surface area contributed by atoms with Crippen molar-refractivity contribution in [1.82, 2.24) is 15.2 Å². The van der Waals surface area contributed by atoms with Crippen LogP contribution in [0.25, 0.3) is 0 Å². The van der Waals surface area contributed by atoms with E-state index in [1.807, 2.05) is 18.7 Å². The lowest BCUT2D eigenvalue weighted by Crippen LogP contribution is -2.32. The van der Waals surface area contributed by atoms with Crippen molar-refractivity contribution >= 4 is 0 Å². The van der Waals surface area contributed by atoms with E-state index in [1.54, 1.807) is 0 Å². The fourth-order valence-corrected chi connectivity index (χ4v) is 3.12. The number of rotatable bonds is 4. The Morgan fingerprint density at radius 2 is 2.29 bits per heavy atom. The number of nitrogens with two attached hydrogens (primary N) is 1. The van der Waals surface area contributed by atoms with E-state index in [1.165, 1.54) is 11.1 Å². The van der Waals surface area contributed by atoms with Gasteiger partial charge in [-0.25, -0.2) is 0 Å². The van der Waals surface area contributed by atoms with Crippen molar-refractivity contribution in [1.29, 1.82) is 0 Å². The van der Waals surface area contributed by atoms with E-state index in [9.17, 15) is 0 Å². The monoisotopic (exact) mass is 286 g/mol. The maximum atomic E-state index is 5.98. The molecule has 0 radical (unpaired) electrons. The van der Waals surface area contributed by atoms with Crippen molar-refractivity contribution in [2.24, 2.45) is 12.9 Å². The minimum Gasteiger partial charge on any atom is -0.373 e. The molecule has 1 aliphatic heterocycles. The van der Waals surface area contributed by atoms with Crippen LogP contribution >= 0.6 is 0 Å². The molecule has 2 heterocycles. The number of aromatic nitrogens is 2. The van der Waals surface area contributed by atoms with Crippen molar-refractivity contribution in [3.63, 3.8) is 0 Å². The lowest BCUT2D eigenvalue weighted by Gasteiger charge is -2.29. The van der Waals surface area contributed by atoms with Gasteiger partial charge in [-0.3, -0.25) is 16.0 Å². The first kappa shape index (κ1) is 14.3. The van der Waals surface area contributed by atoms with E-state index in [0.29, 0.717) is 0 Å². The van der Waals surface area contributed by atoms with Crippen LogP contribution in [-0.4, -0.2) is 16.4 Å². The summed E-state index contributed by atoms with van der Waals surface area (Å²) in [5, 5.41) is 4.40. The maximum Gasteiger partial charge on any atom is 0.0847 e. The van der Waals surface area contributed by atoms with E-state index in [-0.39, 0.29) is 12.1 Å². The summed E-state index contributed by atoms with van der Waals surface area (Å²) in [6, 6.07) is 10.6. The Labute approximate surface area is 125 Å². The molecular weight excluding hydrogens is 264 g/mol. The van der Waals surface area contributed by atoms with Crippen LogP contribution in [0.15, 0.2) is 30.3 Å². The Morgan fingerprint density at radius 3 is 3.00 bits per heavy atom. The Kier molecular flexibility index (Phi) is 4.05. The number of ether oxygens (including phenoxy) is 1. The second-order valence-corrected chi connectivity index (χ2v) is 5.60. The number of fused-ring (bicyclic) bond motifs is 1. The van der Waals surface area contributed by atoms with Gasteiger partial charge in [0, 0.05) is 13.5 Å². The summed E-state index contributed by atoms with van der Waals surface area (Å²) in [6.07, 6.45) is 1.86. The summed E-state index contributed by atoms with van der Waals surface area (Å²) in [5.41, 5.74) is 7.65. The number of benzene rings is 1. The first-order valence-electron chi connectivity index (χ1n) is 7.35. The molecule has 2 aromatic rings. The van der Waals surface area contributed by atoms with Gasteiger partial charge in [-0.15, -0.1) is 0 Å². The second-order valence-electron chi connectivity index (χ2n) is 5.60. The molecule has 1 aromatic carbocycles. The van der Waals surface area contributed by atoms with Gasteiger partial charge in [0.05, 0.1) is 30.1 Å². The average molecular weight is 286 g/mol. The zero-order valence-electron chi connectivity index (χ0n) is 12.5. The third-order valence-electron chi connectivity index (χ3n) is 4.14. The minimum absolute atomic E-state index is 0.0207. The quantitative estimate of drug-likeness (QED) is 0.666. The predicted molar refractivity (Wildman–Crippen MR) is 81.5 cm³/mol. The van der Waals surface area contributed by atoms with Crippen molar-refractivity contribution in [2.45, 2.75) is 31.9 Å². The summed E-state index contributed by atoms with van der Waals surface area (Å²) in [5.74, 6) is 5.77. The van der Waals surface area contributed by atoms with Gasteiger partial charge in [-0.05, 0) is 30.5 Å². The molecule has 0 spiro atoms. The number of hydrogen-bond donors (Lipinski definition) is 2. The summed E-state index contributed by atoms with van der Waals surface area (Å²) in [6.45, 7) is 2.76. The molecule has 2 unspecified atom stereocenters. The highest BCUT2D eigenvalue weighted by Crippen LogP contribution is 2.34. The smallest absolute Gasteiger partial charge is 0.0847 e. The van der Waals surface area contributed by atoms with Gasteiger partial charge in [0.2, 0.25) is 0 Å². The minimum atomic E-state index is 0.0207. The molecule has 0 amide bonds. The van der Waals surface area contributed by atoms with Crippen LogP contribution in [0.2, 0.25) is 0 Å². The largest absolute Gasteiger partial charge is 0.373 e. The van der Waals surface area contributed by atoms with Crippen LogP contribution in [-0.2, 0) is 18.2 Å². The Bertz CT molecular complexity index is 622. The standard InChI is InChI=1S/C16H22N4O/c1-11-9-15(20(2)19-11)14(18-17)10-16-13-6-4-3-5-12(13)7-8-21-16/h3-6,9,14,16,18H,7-8,10,17H2,1-2H3. The van der Waals surface area contributed by atoms with Gasteiger partial charge in [0.15, 0.2) is 0 Å². The van der Waals surface area contributed by atoms with Crippen molar-refractivity contribution in [3.05, 3.63) is 52.8 Å². The fraction of sp³-hybridized carbons (Fsp3) is 0.438. The fourth-order valence-electron chi connectivity index (χ4n) is 3.12. The summed E-state index contributed by atoms with van der Waals surface area (Å²) < 4.78 is 7.86. The van der Waals surface area contributed by atoms with E-state index in [0.717, 1.165) is 30.8 Å². The topological polar surface area (TPSA) is 65.1 Å². The molecule has 21 heavy (non-hydrogen) atoms. The zero-order chi connectivity index (χ0) is 14.8. The zero-order valence-corrected chi connectivity index (χ0v) is 12.5. The Hall–Kier alpha value is -1.69. The lowest BCUT2D eigenvalue weighted by atomic mass is 9.93. The van der Waals surface area contributed by atoms with Crippen LogP contribution in [0.1, 0.15) is 41.1 Å². The van der Waals surface area contributed by atoms with Gasteiger partial charge < -0.3 is 4.74 Å².